The number of aliphatic hydroxyl groups excluding tert-OH is 1. The summed E-state index contributed by atoms with van der Waals surface area (Å²) in [6, 6.07) is 5.10. The van der Waals surface area contributed by atoms with Gasteiger partial charge in [0.05, 0.1) is 10.6 Å². The summed E-state index contributed by atoms with van der Waals surface area (Å²) in [5.41, 5.74) is 0. The third-order valence-corrected chi connectivity index (χ3v) is 3.28. The minimum atomic E-state index is -0.619. The van der Waals surface area contributed by atoms with Crippen LogP contribution in [0.15, 0.2) is 22.7 Å². The van der Waals surface area contributed by atoms with Crippen LogP contribution in [0.3, 0.4) is 0 Å². The summed E-state index contributed by atoms with van der Waals surface area (Å²) in [5.74, 6) is 0.338. The molecule has 0 aliphatic carbocycles. The van der Waals surface area contributed by atoms with Crippen LogP contribution in [0.1, 0.15) is 20.3 Å². The number of benzene rings is 1. The average Bonchev–Trinajstić information content (AvgIpc) is 2.32. The van der Waals surface area contributed by atoms with Gasteiger partial charge in [-0.2, -0.15) is 0 Å². The van der Waals surface area contributed by atoms with Gasteiger partial charge >= 0.3 is 0 Å². The number of hydrogen-bond acceptors (Lipinski definition) is 3. The van der Waals surface area contributed by atoms with Crippen molar-refractivity contribution in [3.05, 3.63) is 27.7 Å². The minimum Gasteiger partial charge on any atom is -0.480 e. The molecule has 0 aliphatic heterocycles. The largest absolute Gasteiger partial charge is 0.480 e. The molecule has 0 heterocycles. The first-order chi connectivity index (χ1) is 8.90. The van der Waals surface area contributed by atoms with Gasteiger partial charge in [0.25, 0.3) is 5.91 Å². The lowest BCUT2D eigenvalue weighted by Crippen LogP contribution is -2.37. The molecule has 6 heteroatoms. The van der Waals surface area contributed by atoms with Gasteiger partial charge in [-0.1, -0.05) is 11.6 Å². The van der Waals surface area contributed by atoms with Gasteiger partial charge in [0, 0.05) is 11.6 Å². The number of aliphatic hydroxyl groups is 1. The van der Waals surface area contributed by atoms with E-state index in [9.17, 15) is 4.79 Å². The molecule has 2 N–H and O–H groups in total. The Kier molecular flexibility index (Phi) is 6.62. The van der Waals surface area contributed by atoms with Gasteiger partial charge in [0.15, 0.2) is 6.10 Å². The number of hydrogen-bond donors (Lipinski definition) is 2. The van der Waals surface area contributed by atoms with Gasteiger partial charge in [0.2, 0.25) is 0 Å². The second-order valence-electron chi connectivity index (χ2n) is 4.26. The fraction of sp³-hybridized carbons (Fsp3) is 0.462. The second-order valence-corrected chi connectivity index (χ2v) is 5.55. The zero-order chi connectivity index (χ0) is 14.4. The predicted molar refractivity (Wildman–Crippen MR) is 78.5 cm³/mol. The van der Waals surface area contributed by atoms with Crippen molar-refractivity contribution in [1.82, 2.24) is 5.32 Å². The van der Waals surface area contributed by atoms with Crippen molar-refractivity contribution in [3.63, 3.8) is 0 Å². The first kappa shape index (κ1) is 16.3. The topological polar surface area (TPSA) is 58.6 Å². The third-order valence-electron chi connectivity index (χ3n) is 2.43. The van der Waals surface area contributed by atoms with Crippen LogP contribution in [0.25, 0.3) is 0 Å². The van der Waals surface area contributed by atoms with Crippen LogP contribution in [0, 0.1) is 0 Å². The molecule has 4 nitrogen and oxygen atoms in total. The zero-order valence-corrected chi connectivity index (χ0v) is 13.2. The minimum absolute atomic E-state index is 0.220. The number of halogens is 2. The van der Waals surface area contributed by atoms with Gasteiger partial charge in [-0.15, -0.1) is 0 Å². The number of amides is 1. The van der Waals surface area contributed by atoms with E-state index in [1.807, 2.05) is 0 Å². The van der Waals surface area contributed by atoms with Gasteiger partial charge < -0.3 is 15.2 Å². The maximum absolute atomic E-state index is 11.7. The van der Waals surface area contributed by atoms with Crippen LogP contribution < -0.4 is 10.1 Å². The number of carbonyl (C=O) groups is 1. The normalized spacial score (nSPS) is 13.7. The molecule has 1 amide bonds. The monoisotopic (exact) mass is 349 g/mol. The highest BCUT2D eigenvalue weighted by Crippen LogP contribution is 2.28. The van der Waals surface area contributed by atoms with E-state index in [1.165, 1.54) is 0 Å². The average molecular weight is 351 g/mol. The van der Waals surface area contributed by atoms with Crippen molar-refractivity contribution >= 4 is 33.4 Å². The number of ether oxygens (including phenoxy) is 1. The van der Waals surface area contributed by atoms with Crippen LogP contribution in [0.4, 0.5) is 0 Å². The Morgan fingerprint density at radius 1 is 1.53 bits per heavy atom. The molecule has 0 spiro atoms. The SMILES string of the molecule is CC(O)CCNC(=O)C(C)Oc1ccc(Cl)cc1Br. The van der Waals surface area contributed by atoms with E-state index in [0.717, 1.165) is 0 Å². The van der Waals surface area contributed by atoms with Crippen molar-refractivity contribution in [2.45, 2.75) is 32.5 Å². The van der Waals surface area contributed by atoms with Crippen molar-refractivity contribution < 1.29 is 14.6 Å². The Bertz CT molecular complexity index is 440. The molecule has 0 saturated heterocycles. The molecular weight excluding hydrogens is 334 g/mol. The highest BCUT2D eigenvalue weighted by atomic mass is 79.9. The van der Waals surface area contributed by atoms with Gasteiger partial charge in [-0.25, -0.2) is 0 Å². The molecule has 0 aliphatic rings. The molecule has 19 heavy (non-hydrogen) atoms. The fourth-order valence-corrected chi connectivity index (χ4v) is 2.14. The summed E-state index contributed by atoms with van der Waals surface area (Å²) in [4.78, 5) is 11.7. The zero-order valence-electron chi connectivity index (χ0n) is 10.8. The quantitative estimate of drug-likeness (QED) is 0.829. The lowest BCUT2D eigenvalue weighted by molar-refractivity contribution is -0.127. The van der Waals surface area contributed by atoms with Crippen molar-refractivity contribution in [3.8, 4) is 5.75 Å². The first-order valence-electron chi connectivity index (χ1n) is 5.97. The number of carbonyl (C=O) groups excluding carboxylic acids is 1. The summed E-state index contributed by atoms with van der Waals surface area (Å²) in [6.07, 6.45) is -0.531. The van der Waals surface area contributed by atoms with Crippen LogP contribution in [0.5, 0.6) is 5.75 Å². The lowest BCUT2D eigenvalue weighted by Gasteiger charge is -2.16. The standard InChI is InChI=1S/C13H17BrClNO3/c1-8(17)5-6-16-13(18)9(2)19-12-4-3-10(15)7-11(12)14/h3-4,7-9,17H,5-6H2,1-2H3,(H,16,18). The molecule has 1 aromatic carbocycles. The van der Waals surface area contributed by atoms with Crippen LogP contribution >= 0.6 is 27.5 Å². The van der Waals surface area contributed by atoms with E-state index < -0.39 is 12.2 Å². The molecular formula is C13H17BrClNO3. The van der Waals surface area contributed by atoms with Crippen molar-refractivity contribution in [1.29, 1.82) is 0 Å². The molecule has 0 saturated carbocycles. The Hall–Kier alpha value is -0.780. The molecule has 0 aromatic heterocycles. The first-order valence-corrected chi connectivity index (χ1v) is 7.14. The van der Waals surface area contributed by atoms with E-state index in [0.29, 0.717) is 28.2 Å². The second kappa shape index (κ2) is 7.72. The molecule has 1 rings (SSSR count). The highest BCUT2D eigenvalue weighted by Gasteiger charge is 2.15. The number of nitrogens with one attached hydrogen (secondary N) is 1. The molecule has 0 bridgehead atoms. The van der Waals surface area contributed by atoms with E-state index in [2.05, 4.69) is 21.2 Å². The third kappa shape index (κ3) is 5.80. The lowest BCUT2D eigenvalue weighted by atomic mass is 10.3. The van der Waals surface area contributed by atoms with Crippen LogP contribution in [-0.4, -0.2) is 29.8 Å². The Balaban J connectivity index is 2.49. The van der Waals surface area contributed by atoms with Gasteiger partial charge in [-0.05, 0) is 54.4 Å². The van der Waals surface area contributed by atoms with E-state index >= 15 is 0 Å². The maximum Gasteiger partial charge on any atom is 0.260 e. The van der Waals surface area contributed by atoms with E-state index in [-0.39, 0.29) is 5.91 Å². The Labute approximate surface area is 126 Å². The summed E-state index contributed by atoms with van der Waals surface area (Å²) in [5, 5.41) is 12.4. The predicted octanol–water partition coefficient (Wildman–Crippen LogP) is 2.76. The summed E-state index contributed by atoms with van der Waals surface area (Å²) in [6.45, 7) is 3.77. The smallest absolute Gasteiger partial charge is 0.260 e. The Morgan fingerprint density at radius 3 is 2.79 bits per heavy atom. The highest BCUT2D eigenvalue weighted by molar-refractivity contribution is 9.10. The maximum atomic E-state index is 11.7. The van der Waals surface area contributed by atoms with Crippen LogP contribution in [0.2, 0.25) is 5.02 Å². The van der Waals surface area contributed by atoms with Gasteiger partial charge in [-0.3, -0.25) is 4.79 Å². The molecule has 1 aromatic rings. The summed E-state index contributed by atoms with van der Waals surface area (Å²) >= 11 is 9.15. The molecule has 2 atom stereocenters. The van der Waals surface area contributed by atoms with E-state index in [1.54, 1.807) is 32.0 Å². The molecule has 0 fully saturated rings. The van der Waals surface area contributed by atoms with Gasteiger partial charge in [0.1, 0.15) is 5.75 Å². The van der Waals surface area contributed by atoms with E-state index in [4.69, 9.17) is 21.4 Å². The fourth-order valence-electron chi connectivity index (χ4n) is 1.36. The summed E-state index contributed by atoms with van der Waals surface area (Å²) in [7, 11) is 0. The molecule has 106 valence electrons. The molecule has 0 radical (unpaired) electrons. The molecule has 2 unspecified atom stereocenters. The Morgan fingerprint density at radius 2 is 2.21 bits per heavy atom. The van der Waals surface area contributed by atoms with Crippen molar-refractivity contribution in [2.24, 2.45) is 0 Å². The van der Waals surface area contributed by atoms with Crippen molar-refractivity contribution in [2.75, 3.05) is 6.54 Å². The number of rotatable bonds is 6. The summed E-state index contributed by atoms with van der Waals surface area (Å²) < 4.78 is 6.24. The van der Waals surface area contributed by atoms with Crippen LogP contribution in [-0.2, 0) is 4.79 Å².